The number of hydrogen-bond acceptors (Lipinski definition) is 3. The molecule has 106 valence electrons. The van der Waals surface area contributed by atoms with Gasteiger partial charge in [0.25, 0.3) is 5.56 Å². The molecular formula is C18H12N2O2. The minimum atomic E-state index is -0.612. The molecule has 0 spiro atoms. The van der Waals surface area contributed by atoms with Gasteiger partial charge in [0.05, 0.1) is 11.3 Å². The van der Waals surface area contributed by atoms with E-state index in [-0.39, 0.29) is 5.56 Å². The van der Waals surface area contributed by atoms with E-state index in [9.17, 15) is 15.2 Å². The molecule has 0 amide bonds. The van der Waals surface area contributed by atoms with Crippen LogP contribution < -0.4 is 5.56 Å². The molecule has 0 aliphatic rings. The van der Waals surface area contributed by atoms with Gasteiger partial charge >= 0.3 is 0 Å². The lowest BCUT2D eigenvalue weighted by molar-refractivity contribution is 0.466. The van der Waals surface area contributed by atoms with Crippen molar-refractivity contribution in [1.29, 1.82) is 5.26 Å². The molecule has 0 atom stereocenters. The molecule has 4 nitrogen and oxygen atoms in total. The van der Waals surface area contributed by atoms with Crippen LogP contribution in [0.3, 0.4) is 0 Å². The number of aromatic hydroxyl groups is 1. The molecule has 3 rings (SSSR count). The summed E-state index contributed by atoms with van der Waals surface area (Å²) in [4.78, 5) is 14.2. The Balaban J connectivity index is 2.17. The van der Waals surface area contributed by atoms with Crippen molar-refractivity contribution in [2.45, 2.75) is 0 Å². The summed E-state index contributed by atoms with van der Waals surface area (Å²) >= 11 is 0. The molecule has 3 aromatic rings. The third kappa shape index (κ3) is 2.48. The van der Waals surface area contributed by atoms with Gasteiger partial charge in [-0.05, 0) is 22.8 Å². The van der Waals surface area contributed by atoms with Gasteiger partial charge in [-0.3, -0.25) is 4.79 Å². The number of H-pyrrole nitrogens is 1. The van der Waals surface area contributed by atoms with Crippen LogP contribution in [0.15, 0.2) is 65.5 Å². The Hall–Kier alpha value is -3.32. The van der Waals surface area contributed by atoms with E-state index in [4.69, 9.17) is 0 Å². The number of aromatic nitrogens is 1. The predicted octanol–water partition coefficient (Wildman–Crippen LogP) is 3.29. The average Bonchev–Trinajstić information content (AvgIpc) is 2.58. The zero-order valence-electron chi connectivity index (χ0n) is 11.6. The summed E-state index contributed by atoms with van der Waals surface area (Å²) < 4.78 is 0. The number of aromatic amines is 1. The fraction of sp³-hybridized carbons (Fsp3) is 0. The number of benzene rings is 2. The second kappa shape index (κ2) is 5.58. The number of rotatable bonds is 2. The monoisotopic (exact) mass is 288 g/mol. The van der Waals surface area contributed by atoms with Crippen LogP contribution in [0.4, 0.5) is 0 Å². The van der Waals surface area contributed by atoms with Crippen LogP contribution in [0.2, 0.25) is 0 Å². The molecule has 2 aromatic carbocycles. The molecule has 0 fully saturated rings. The molecule has 0 aliphatic heterocycles. The summed E-state index contributed by atoms with van der Waals surface area (Å²) in [5.74, 6) is -0.459. The van der Waals surface area contributed by atoms with E-state index in [0.29, 0.717) is 5.69 Å². The van der Waals surface area contributed by atoms with E-state index in [0.717, 1.165) is 16.7 Å². The molecule has 1 heterocycles. The first kappa shape index (κ1) is 13.7. The fourth-order valence-electron chi connectivity index (χ4n) is 2.32. The number of nitrogens with one attached hydrogen (secondary N) is 1. The molecular weight excluding hydrogens is 276 g/mol. The Bertz CT molecular complexity index is 922. The van der Waals surface area contributed by atoms with Crippen molar-refractivity contribution < 1.29 is 5.11 Å². The first-order valence-corrected chi connectivity index (χ1v) is 6.71. The Morgan fingerprint density at radius 2 is 1.59 bits per heavy atom. The van der Waals surface area contributed by atoms with Gasteiger partial charge in [0, 0.05) is 6.07 Å². The maximum Gasteiger partial charge on any atom is 0.290 e. The van der Waals surface area contributed by atoms with Crippen molar-refractivity contribution in [3.05, 3.63) is 76.6 Å². The second-order valence-corrected chi connectivity index (χ2v) is 4.83. The quantitative estimate of drug-likeness (QED) is 0.759. The van der Waals surface area contributed by atoms with Crippen molar-refractivity contribution >= 4 is 0 Å². The topological polar surface area (TPSA) is 76.9 Å². The molecule has 1 aromatic heterocycles. The molecule has 0 saturated heterocycles. The third-order valence-electron chi connectivity index (χ3n) is 3.40. The first-order chi connectivity index (χ1) is 10.7. The maximum absolute atomic E-state index is 11.6. The second-order valence-electron chi connectivity index (χ2n) is 4.83. The van der Waals surface area contributed by atoms with Crippen LogP contribution in [0.25, 0.3) is 22.4 Å². The van der Waals surface area contributed by atoms with E-state index in [2.05, 4.69) is 4.98 Å². The van der Waals surface area contributed by atoms with Gasteiger partial charge < -0.3 is 10.1 Å². The molecule has 22 heavy (non-hydrogen) atoms. The Morgan fingerprint density at radius 3 is 2.32 bits per heavy atom. The van der Waals surface area contributed by atoms with Gasteiger partial charge in [0.2, 0.25) is 0 Å². The summed E-state index contributed by atoms with van der Waals surface area (Å²) in [6.07, 6.45) is 0. The van der Waals surface area contributed by atoms with Gasteiger partial charge in [-0.25, -0.2) is 0 Å². The maximum atomic E-state index is 11.6. The van der Waals surface area contributed by atoms with Gasteiger partial charge in [-0.15, -0.1) is 0 Å². The largest absolute Gasteiger partial charge is 0.503 e. The molecule has 0 unspecified atom stereocenters. The predicted molar refractivity (Wildman–Crippen MR) is 84.3 cm³/mol. The van der Waals surface area contributed by atoms with Crippen molar-refractivity contribution in [2.24, 2.45) is 0 Å². The summed E-state index contributed by atoms with van der Waals surface area (Å²) in [5, 5.41) is 18.6. The summed E-state index contributed by atoms with van der Waals surface area (Å²) in [6.45, 7) is 0. The first-order valence-electron chi connectivity index (χ1n) is 6.71. The van der Waals surface area contributed by atoms with Crippen molar-refractivity contribution in [3.63, 3.8) is 0 Å². The average molecular weight is 288 g/mol. The van der Waals surface area contributed by atoms with Crippen LogP contribution in [-0.4, -0.2) is 10.1 Å². The number of pyridine rings is 1. The van der Waals surface area contributed by atoms with Crippen LogP contribution in [0.1, 0.15) is 5.56 Å². The Kier molecular flexibility index (Phi) is 3.47. The molecule has 0 saturated carbocycles. The van der Waals surface area contributed by atoms with Crippen LogP contribution in [0, 0.1) is 11.3 Å². The normalized spacial score (nSPS) is 10.1. The summed E-state index contributed by atoms with van der Waals surface area (Å²) in [5.41, 5.74) is 2.76. The number of nitrogens with zero attached hydrogens (tertiary/aromatic N) is 1. The highest BCUT2D eigenvalue weighted by molar-refractivity contribution is 5.74. The highest BCUT2D eigenvalue weighted by Gasteiger charge is 2.10. The highest BCUT2D eigenvalue weighted by Crippen LogP contribution is 2.27. The SMILES string of the molecule is N#Cc1cc(O)c(=O)[nH]c1-c1cccc(-c2ccccc2)c1. The zero-order valence-corrected chi connectivity index (χ0v) is 11.6. The number of nitriles is 1. The van der Waals surface area contributed by atoms with E-state index < -0.39 is 11.3 Å². The molecule has 0 bridgehead atoms. The Morgan fingerprint density at radius 1 is 0.909 bits per heavy atom. The van der Waals surface area contributed by atoms with Gasteiger partial charge in [-0.2, -0.15) is 5.26 Å². The van der Waals surface area contributed by atoms with Crippen molar-refractivity contribution in [2.75, 3.05) is 0 Å². The van der Waals surface area contributed by atoms with Gasteiger partial charge in [-0.1, -0.05) is 48.5 Å². The molecule has 0 aliphatic carbocycles. The lowest BCUT2D eigenvalue weighted by Crippen LogP contribution is -2.07. The van der Waals surface area contributed by atoms with Crippen LogP contribution in [0.5, 0.6) is 5.75 Å². The van der Waals surface area contributed by atoms with E-state index in [1.807, 2.05) is 60.7 Å². The lowest BCUT2D eigenvalue weighted by atomic mass is 10.00. The minimum Gasteiger partial charge on any atom is -0.503 e. The highest BCUT2D eigenvalue weighted by atomic mass is 16.3. The molecule has 0 radical (unpaired) electrons. The smallest absolute Gasteiger partial charge is 0.290 e. The molecule has 2 N–H and O–H groups in total. The summed E-state index contributed by atoms with van der Waals surface area (Å²) in [7, 11) is 0. The molecule has 4 heteroatoms. The van der Waals surface area contributed by atoms with Crippen molar-refractivity contribution in [1.82, 2.24) is 4.98 Å². The lowest BCUT2D eigenvalue weighted by Gasteiger charge is -2.07. The summed E-state index contributed by atoms with van der Waals surface area (Å²) in [6, 6.07) is 20.5. The van der Waals surface area contributed by atoms with Crippen molar-refractivity contribution in [3.8, 4) is 34.2 Å². The van der Waals surface area contributed by atoms with Crippen LogP contribution >= 0.6 is 0 Å². The third-order valence-corrected chi connectivity index (χ3v) is 3.40. The Labute approximate surface area is 126 Å². The van der Waals surface area contributed by atoms with Crippen LogP contribution in [-0.2, 0) is 0 Å². The minimum absolute atomic E-state index is 0.224. The fourth-order valence-corrected chi connectivity index (χ4v) is 2.32. The van der Waals surface area contributed by atoms with E-state index in [1.54, 1.807) is 0 Å². The standard InChI is InChI=1S/C18H12N2O2/c19-11-15-10-16(21)18(22)20-17(15)14-8-4-7-13(9-14)12-5-2-1-3-6-12/h1-10,21H,(H,20,22). The number of hydrogen-bond donors (Lipinski definition) is 2. The zero-order chi connectivity index (χ0) is 15.5. The van der Waals surface area contributed by atoms with Gasteiger partial charge in [0.15, 0.2) is 5.75 Å². The van der Waals surface area contributed by atoms with E-state index in [1.165, 1.54) is 6.07 Å². The van der Waals surface area contributed by atoms with Gasteiger partial charge in [0.1, 0.15) is 6.07 Å². The van der Waals surface area contributed by atoms with E-state index >= 15 is 0 Å².